The fourth-order valence-corrected chi connectivity index (χ4v) is 4.83. The second-order valence-corrected chi connectivity index (χ2v) is 8.12. The van der Waals surface area contributed by atoms with Crippen LogP contribution in [0, 0.1) is 12.7 Å². The van der Waals surface area contributed by atoms with E-state index in [0.717, 1.165) is 27.7 Å². The summed E-state index contributed by atoms with van der Waals surface area (Å²) in [5.41, 5.74) is 3.62. The summed E-state index contributed by atoms with van der Waals surface area (Å²) in [5, 5.41) is 0.845. The van der Waals surface area contributed by atoms with Crippen molar-refractivity contribution in [1.29, 1.82) is 0 Å². The molecular formula is C18H17FN2O2S. The highest BCUT2D eigenvalue weighted by Gasteiger charge is 2.30. The molecule has 0 spiro atoms. The van der Waals surface area contributed by atoms with Crippen molar-refractivity contribution in [1.82, 2.24) is 9.29 Å². The Hall–Kier alpha value is -2.18. The third-order valence-electron chi connectivity index (χ3n) is 4.53. The van der Waals surface area contributed by atoms with Gasteiger partial charge in [0.15, 0.2) is 0 Å². The molecule has 124 valence electrons. The number of halogens is 1. The van der Waals surface area contributed by atoms with Gasteiger partial charge in [0.05, 0.1) is 11.4 Å². The van der Waals surface area contributed by atoms with Crippen molar-refractivity contribution >= 4 is 20.9 Å². The standard InChI is InChI=1S/C18H17FN2O2S/c1-12-3-2-4-14(9-12)24(22,23)21-8-7-15-16-10-13(19)5-6-17(16)20-18(15)11-21/h2-6,9-10,20H,7-8,11H2,1H3. The van der Waals surface area contributed by atoms with E-state index in [1.165, 1.54) is 16.4 Å². The minimum absolute atomic E-state index is 0.279. The van der Waals surface area contributed by atoms with E-state index >= 15 is 0 Å². The lowest BCUT2D eigenvalue weighted by atomic mass is 10.0. The lowest BCUT2D eigenvalue weighted by Crippen LogP contribution is -2.35. The first-order chi connectivity index (χ1) is 11.4. The van der Waals surface area contributed by atoms with Crippen LogP contribution in [0.2, 0.25) is 0 Å². The number of aromatic nitrogens is 1. The van der Waals surface area contributed by atoms with E-state index in [9.17, 15) is 12.8 Å². The summed E-state index contributed by atoms with van der Waals surface area (Å²) in [5.74, 6) is -0.279. The zero-order chi connectivity index (χ0) is 16.9. The van der Waals surface area contributed by atoms with E-state index in [0.29, 0.717) is 17.9 Å². The molecule has 1 aromatic heterocycles. The van der Waals surface area contributed by atoms with E-state index in [-0.39, 0.29) is 12.4 Å². The Morgan fingerprint density at radius 1 is 1.17 bits per heavy atom. The molecule has 0 aliphatic carbocycles. The number of aromatic amines is 1. The Labute approximate surface area is 140 Å². The first kappa shape index (κ1) is 15.4. The van der Waals surface area contributed by atoms with E-state index in [2.05, 4.69) is 4.98 Å². The van der Waals surface area contributed by atoms with Crippen LogP contribution < -0.4 is 0 Å². The quantitative estimate of drug-likeness (QED) is 0.775. The van der Waals surface area contributed by atoms with Gasteiger partial charge in [-0.1, -0.05) is 12.1 Å². The summed E-state index contributed by atoms with van der Waals surface area (Å²) in [4.78, 5) is 3.55. The molecule has 0 fully saturated rings. The van der Waals surface area contributed by atoms with Gasteiger partial charge in [-0.2, -0.15) is 4.31 Å². The highest BCUT2D eigenvalue weighted by Crippen LogP contribution is 2.30. The molecule has 1 N–H and O–H groups in total. The lowest BCUT2D eigenvalue weighted by molar-refractivity contribution is 0.388. The zero-order valence-electron chi connectivity index (χ0n) is 13.2. The van der Waals surface area contributed by atoms with Crippen LogP contribution in [0.15, 0.2) is 47.4 Å². The molecule has 4 rings (SSSR count). The fraction of sp³-hybridized carbons (Fsp3) is 0.222. The van der Waals surface area contributed by atoms with Gasteiger partial charge < -0.3 is 4.98 Å². The Morgan fingerprint density at radius 3 is 2.79 bits per heavy atom. The van der Waals surface area contributed by atoms with E-state index < -0.39 is 10.0 Å². The number of sulfonamides is 1. The predicted molar refractivity (Wildman–Crippen MR) is 90.7 cm³/mol. The third-order valence-corrected chi connectivity index (χ3v) is 6.37. The van der Waals surface area contributed by atoms with Gasteiger partial charge in [0, 0.05) is 23.1 Å². The number of rotatable bonds is 2. The predicted octanol–water partition coefficient (Wildman–Crippen LogP) is 3.36. The highest BCUT2D eigenvalue weighted by molar-refractivity contribution is 7.89. The third kappa shape index (κ3) is 2.42. The van der Waals surface area contributed by atoms with Gasteiger partial charge in [0.1, 0.15) is 5.82 Å². The first-order valence-corrected chi connectivity index (χ1v) is 9.25. The van der Waals surface area contributed by atoms with E-state index in [1.807, 2.05) is 13.0 Å². The molecule has 24 heavy (non-hydrogen) atoms. The van der Waals surface area contributed by atoms with Crippen LogP contribution in [-0.4, -0.2) is 24.3 Å². The lowest BCUT2D eigenvalue weighted by Gasteiger charge is -2.26. The molecule has 1 aliphatic rings. The monoisotopic (exact) mass is 344 g/mol. The van der Waals surface area contributed by atoms with Crippen molar-refractivity contribution < 1.29 is 12.8 Å². The van der Waals surface area contributed by atoms with Crippen molar-refractivity contribution in [2.75, 3.05) is 6.54 Å². The molecular weight excluding hydrogens is 327 g/mol. The van der Waals surface area contributed by atoms with Gasteiger partial charge in [-0.25, -0.2) is 12.8 Å². The number of H-pyrrole nitrogens is 1. The topological polar surface area (TPSA) is 53.2 Å². The minimum Gasteiger partial charge on any atom is -0.357 e. The number of nitrogens with zero attached hydrogens (tertiary/aromatic N) is 1. The molecule has 0 saturated heterocycles. The number of hydrogen-bond acceptors (Lipinski definition) is 2. The molecule has 6 heteroatoms. The van der Waals surface area contributed by atoms with Crippen LogP contribution in [0.5, 0.6) is 0 Å². The van der Waals surface area contributed by atoms with Crippen molar-refractivity contribution in [3.63, 3.8) is 0 Å². The molecule has 0 saturated carbocycles. The molecule has 3 aromatic rings. The summed E-state index contributed by atoms with van der Waals surface area (Å²) in [6.07, 6.45) is 0.573. The number of hydrogen-bond donors (Lipinski definition) is 1. The van der Waals surface area contributed by atoms with Crippen molar-refractivity contribution in [2.45, 2.75) is 24.8 Å². The van der Waals surface area contributed by atoms with Crippen LogP contribution in [0.1, 0.15) is 16.8 Å². The molecule has 0 amide bonds. The fourth-order valence-electron chi connectivity index (χ4n) is 3.32. The van der Waals surface area contributed by atoms with Crippen molar-refractivity contribution in [3.8, 4) is 0 Å². The first-order valence-electron chi connectivity index (χ1n) is 7.81. The Morgan fingerprint density at radius 2 is 2.00 bits per heavy atom. The molecule has 0 unspecified atom stereocenters. The highest BCUT2D eigenvalue weighted by atomic mass is 32.2. The zero-order valence-corrected chi connectivity index (χ0v) is 14.0. The van der Waals surface area contributed by atoms with E-state index in [4.69, 9.17) is 0 Å². The molecule has 4 nitrogen and oxygen atoms in total. The smallest absolute Gasteiger partial charge is 0.243 e. The summed E-state index contributed by atoms with van der Waals surface area (Å²) in [6, 6.07) is 11.6. The maximum absolute atomic E-state index is 13.5. The minimum atomic E-state index is -3.53. The van der Waals surface area contributed by atoms with Gasteiger partial charge in [-0.15, -0.1) is 0 Å². The Bertz CT molecular complexity index is 1040. The summed E-state index contributed by atoms with van der Waals surface area (Å²) < 4.78 is 40.7. The summed E-state index contributed by atoms with van der Waals surface area (Å²) in [6.45, 7) is 2.55. The second-order valence-electron chi connectivity index (χ2n) is 6.18. The van der Waals surface area contributed by atoms with Crippen LogP contribution in [0.25, 0.3) is 10.9 Å². The normalized spacial score (nSPS) is 15.6. The second kappa shape index (κ2) is 5.43. The average Bonchev–Trinajstić information content (AvgIpc) is 2.92. The molecule has 0 atom stereocenters. The number of nitrogens with one attached hydrogen (secondary N) is 1. The van der Waals surface area contributed by atoms with Crippen LogP contribution >= 0.6 is 0 Å². The summed E-state index contributed by atoms with van der Waals surface area (Å²) in [7, 11) is -3.53. The number of aryl methyl sites for hydroxylation is 1. The summed E-state index contributed by atoms with van der Waals surface area (Å²) >= 11 is 0. The molecule has 2 aromatic carbocycles. The maximum Gasteiger partial charge on any atom is 0.243 e. The van der Waals surface area contributed by atoms with Gasteiger partial charge >= 0.3 is 0 Å². The Balaban J connectivity index is 1.73. The van der Waals surface area contributed by atoms with E-state index in [1.54, 1.807) is 24.3 Å². The number of fused-ring (bicyclic) bond motifs is 3. The largest absolute Gasteiger partial charge is 0.357 e. The Kier molecular flexibility index (Phi) is 3.47. The van der Waals surface area contributed by atoms with Gasteiger partial charge in [-0.05, 0) is 54.8 Å². The molecule has 1 aliphatic heterocycles. The average molecular weight is 344 g/mol. The SMILES string of the molecule is Cc1cccc(S(=O)(=O)N2CCc3c([nH]c4ccc(F)cc34)C2)c1. The molecule has 2 heterocycles. The molecule has 0 radical (unpaired) electrons. The van der Waals surface area contributed by atoms with Crippen LogP contribution in [0.4, 0.5) is 4.39 Å². The van der Waals surface area contributed by atoms with Gasteiger partial charge in [0.2, 0.25) is 10.0 Å². The molecule has 0 bridgehead atoms. The maximum atomic E-state index is 13.5. The van der Waals surface area contributed by atoms with Gasteiger partial charge in [-0.3, -0.25) is 0 Å². The van der Waals surface area contributed by atoms with Crippen LogP contribution in [-0.2, 0) is 23.0 Å². The van der Waals surface area contributed by atoms with Crippen molar-refractivity contribution in [3.05, 3.63) is 65.1 Å². The van der Waals surface area contributed by atoms with Crippen molar-refractivity contribution in [2.24, 2.45) is 0 Å². The van der Waals surface area contributed by atoms with Crippen LogP contribution in [0.3, 0.4) is 0 Å². The number of benzene rings is 2. The van der Waals surface area contributed by atoms with Gasteiger partial charge in [0.25, 0.3) is 0 Å².